The van der Waals surface area contributed by atoms with Crippen molar-refractivity contribution >= 4 is 27.5 Å². The molecule has 2 aromatic carbocycles. The van der Waals surface area contributed by atoms with Crippen molar-refractivity contribution in [3.8, 4) is 5.75 Å². The number of aliphatic hydroxyl groups is 1. The summed E-state index contributed by atoms with van der Waals surface area (Å²) in [6.45, 7) is 4.01. The van der Waals surface area contributed by atoms with Gasteiger partial charge < -0.3 is 9.84 Å². The molecule has 106 valence electrons. The summed E-state index contributed by atoms with van der Waals surface area (Å²) in [7, 11) is 1.61. The first-order valence-corrected chi connectivity index (χ1v) is 7.39. The van der Waals surface area contributed by atoms with Gasteiger partial charge in [-0.2, -0.15) is 0 Å². The van der Waals surface area contributed by atoms with E-state index in [1.807, 2.05) is 44.2 Å². The standard InChI is InChI=1S/C16H16BrClO2/c1-9-6-12(14(18)7-10(9)2)16(19)11-4-5-15(20-3)13(17)8-11/h4-8,16,19H,1-3H3. The van der Waals surface area contributed by atoms with Crippen molar-refractivity contribution in [2.75, 3.05) is 7.11 Å². The van der Waals surface area contributed by atoms with Crippen LogP contribution < -0.4 is 4.74 Å². The first-order chi connectivity index (χ1) is 9.43. The second kappa shape index (κ2) is 6.17. The Balaban J connectivity index is 2.43. The number of methoxy groups -OCH3 is 1. The minimum absolute atomic E-state index is 0.576. The van der Waals surface area contributed by atoms with Crippen LogP contribution in [0.2, 0.25) is 5.02 Å². The molecule has 0 aromatic heterocycles. The number of rotatable bonds is 3. The summed E-state index contributed by atoms with van der Waals surface area (Å²) in [4.78, 5) is 0. The van der Waals surface area contributed by atoms with Crippen molar-refractivity contribution in [2.24, 2.45) is 0 Å². The molecule has 0 heterocycles. The van der Waals surface area contributed by atoms with Crippen molar-refractivity contribution < 1.29 is 9.84 Å². The summed E-state index contributed by atoms with van der Waals surface area (Å²) in [5.74, 6) is 0.729. The van der Waals surface area contributed by atoms with Crippen molar-refractivity contribution in [3.63, 3.8) is 0 Å². The Morgan fingerprint density at radius 2 is 1.80 bits per heavy atom. The maximum atomic E-state index is 10.5. The van der Waals surface area contributed by atoms with Crippen LogP contribution in [-0.4, -0.2) is 12.2 Å². The lowest BCUT2D eigenvalue weighted by atomic mass is 9.98. The average molecular weight is 356 g/mol. The molecule has 20 heavy (non-hydrogen) atoms. The Bertz CT molecular complexity index is 641. The predicted octanol–water partition coefficient (Wildman–Crippen LogP) is 4.81. The highest BCUT2D eigenvalue weighted by Crippen LogP contribution is 2.34. The van der Waals surface area contributed by atoms with E-state index in [2.05, 4.69) is 15.9 Å². The zero-order valence-corrected chi connectivity index (χ0v) is 13.9. The van der Waals surface area contributed by atoms with Crippen LogP contribution in [0.15, 0.2) is 34.8 Å². The van der Waals surface area contributed by atoms with E-state index in [1.54, 1.807) is 7.11 Å². The Hall–Kier alpha value is -1.03. The van der Waals surface area contributed by atoms with Gasteiger partial charge in [0, 0.05) is 10.6 Å². The molecule has 1 N–H and O–H groups in total. The molecule has 0 saturated carbocycles. The third-order valence-corrected chi connectivity index (χ3v) is 4.35. The zero-order valence-electron chi connectivity index (χ0n) is 11.6. The molecule has 0 aliphatic heterocycles. The summed E-state index contributed by atoms with van der Waals surface area (Å²) in [6, 6.07) is 9.31. The van der Waals surface area contributed by atoms with Gasteiger partial charge in [0.25, 0.3) is 0 Å². The van der Waals surface area contributed by atoms with Gasteiger partial charge in [0.05, 0.1) is 11.6 Å². The summed E-state index contributed by atoms with van der Waals surface area (Å²) in [5.41, 5.74) is 3.70. The van der Waals surface area contributed by atoms with E-state index in [4.69, 9.17) is 16.3 Å². The van der Waals surface area contributed by atoms with Crippen LogP contribution in [0.4, 0.5) is 0 Å². The topological polar surface area (TPSA) is 29.5 Å². The molecule has 4 heteroatoms. The lowest BCUT2D eigenvalue weighted by Gasteiger charge is -2.16. The number of halogens is 2. The molecule has 2 nitrogen and oxygen atoms in total. The Kier molecular flexibility index (Phi) is 4.74. The van der Waals surface area contributed by atoms with Gasteiger partial charge in [-0.1, -0.05) is 23.7 Å². The van der Waals surface area contributed by atoms with E-state index in [-0.39, 0.29) is 0 Å². The van der Waals surface area contributed by atoms with Gasteiger partial charge >= 0.3 is 0 Å². The van der Waals surface area contributed by atoms with Crippen LogP contribution in [0, 0.1) is 13.8 Å². The van der Waals surface area contributed by atoms with Gasteiger partial charge in [-0.15, -0.1) is 0 Å². The van der Waals surface area contributed by atoms with E-state index in [0.29, 0.717) is 10.6 Å². The fraction of sp³-hybridized carbons (Fsp3) is 0.250. The highest BCUT2D eigenvalue weighted by molar-refractivity contribution is 9.10. The highest BCUT2D eigenvalue weighted by atomic mass is 79.9. The van der Waals surface area contributed by atoms with Crippen LogP contribution in [-0.2, 0) is 0 Å². The van der Waals surface area contributed by atoms with E-state index < -0.39 is 6.10 Å². The van der Waals surface area contributed by atoms with Gasteiger partial charge in [-0.25, -0.2) is 0 Å². The predicted molar refractivity (Wildman–Crippen MR) is 85.7 cm³/mol. The fourth-order valence-corrected chi connectivity index (χ4v) is 2.93. The third kappa shape index (κ3) is 3.00. The molecule has 0 aliphatic carbocycles. The van der Waals surface area contributed by atoms with Crippen LogP contribution in [0.25, 0.3) is 0 Å². The Morgan fingerprint density at radius 3 is 2.40 bits per heavy atom. The summed E-state index contributed by atoms with van der Waals surface area (Å²) >= 11 is 9.67. The number of benzene rings is 2. The summed E-state index contributed by atoms with van der Waals surface area (Å²) in [6.07, 6.45) is -0.760. The quantitative estimate of drug-likeness (QED) is 0.856. The lowest BCUT2D eigenvalue weighted by Crippen LogP contribution is -2.02. The largest absolute Gasteiger partial charge is 0.496 e. The molecule has 1 atom stereocenters. The number of aliphatic hydroxyl groups excluding tert-OH is 1. The second-order valence-electron chi connectivity index (χ2n) is 4.75. The van der Waals surface area contributed by atoms with Gasteiger partial charge in [-0.05, 0) is 64.7 Å². The molecule has 0 radical (unpaired) electrons. The molecule has 0 fully saturated rings. The van der Waals surface area contributed by atoms with E-state index >= 15 is 0 Å². The molecular formula is C16H16BrClO2. The monoisotopic (exact) mass is 354 g/mol. The zero-order chi connectivity index (χ0) is 14.9. The van der Waals surface area contributed by atoms with Crippen LogP contribution in [0.5, 0.6) is 5.75 Å². The summed E-state index contributed by atoms with van der Waals surface area (Å²) in [5, 5.41) is 11.1. The maximum Gasteiger partial charge on any atom is 0.133 e. The number of ether oxygens (including phenoxy) is 1. The SMILES string of the molecule is COc1ccc(C(O)c2cc(C)c(C)cc2Cl)cc1Br. The minimum atomic E-state index is -0.760. The van der Waals surface area contributed by atoms with Crippen molar-refractivity contribution in [3.05, 3.63) is 62.1 Å². The van der Waals surface area contributed by atoms with E-state index in [9.17, 15) is 5.11 Å². The average Bonchev–Trinajstić information content (AvgIpc) is 2.42. The molecule has 0 saturated heterocycles. The van der Waals surface area contributed by atoms with E-state index in [1.165, 1.54) is 0 Å². The van der Waals surface area contributed by atoms with E-state index in [0.717, 1.165) is 26.9 Å². The minimum Gasteiger partial charge on any atom is -0.496 e. The molecule has 0 bridgehead atoms. The molecule has 0 aliphatic rings. The van der Waals surface area contributed by atoms with Gasteiger partial charge in [0.15, 0.2) is 0 Å². The fourth-order valence-electron chi connectivity index (χ4n) is 2.05. The molecular weight excluding hydrogens is 340 g/mol. The normalized spacial score (nSPS) is 12.3. The lowest BCUT2D eigenvalue weighted by molar-refractivity contribution is 0.220. The number of hydrogen-bond donors (Lipinski definition) is 1. The second-order valence-corrected chi connectivity index (χ2v) is 6.02. The van der Waals surface area contributed by atoms with Crippen molar-refractivity contribution in [2.45, 2.75) is 20.0 Å². The van der Waals surface area contributed by atoms with Crippen molar-refractivity contribution in [1.29, 1.82) is 0 Å². The number of hydrogen-bond acceptors (Lipinski definition) is 2. The highest BCUT2D eigenvalue weighted by Gasteiger charge is 2.16. The Labute approximate surface area is 132 Å². The van der Waals surface area contributed by atoms with Crippen LogP contribution in [0.3, 0.4) is 0 Å². The third-order valence-electron chi connectivity index (χ3n) is 3.40. The molecule has 1 unspecified atom stereocenters. The van der Waals surface area contributed by atoms with Crippen LogP contribution in [0.1, 0.15) is 28.4 Å². The van der Waals surface area contributed by atoms with Crippen LogP contribution >= 0.6 is 27.5 Å². The first kappa shape index (κ1) is 15.4. The molecule has 0 spiro atoms. The Morgan fingerprint density at radius 1 is 1.15 bits per heavy atom. The molecule has 0 amide bonds. The number of aryl methyl sites for hydroxylation is 2. The summed E-state index contributed by atoms with van der Waals surface area (Å²) < 4.78 is 5.99. The first-order valence-electron chi connectivity index (χ1n) is 6.22. The maximum absolute atomic E-state index is 10.5. The smallest absolute Gasteiger partial charge is 0.133 e. The molecule has 2 aromatic rings. The molecule has 2 rings (SSSR count). The van der Waals surface area contributed by atoms with Gasteiger partial charge in [0.1, 0.15) is 11.9 Å². The van der Waals surface area contributed by atoms with Crippen molar-refractivity contribution in [1.82, 2.24) is 0 Å². The van der Waals surface area contributed by atoms with Gasteiger partial charge in [-0.3, -0.25) is 0 Å². The van der Waals surface area contributed by atoms with Gasteiger partial charge in [0.2, 0.25) is 0 Å².